The van der Waals surface area contributed by atoms with Crippen molar-refractivity contribution in [2.45, 2.75) is 36.9 Å². The van der Waals surface area contributed by atoms with Crippen molar-refractivity contribution in [2.75, 3.05) is 25.5 Å². The van der Waals surface area contributed by atoms with Gasteiger partial charge in [0.15, 0.2) is 5.03 Å². The number of hydrogen-bond donors (Lipinski definition) is 1. The van der Waals surface area contributed by atoms with Gasteiger partial charge in [-0.3, -0.25) is 9.69 Å². The van der Waals surface area contributed by atoms with Crippen LogP contribution in [0.3, 0.4) is 0 Å². The number of carbonyl (C=O) groups excluding carboxylic acids is 2. The number of rotatable bonds is 7. The first-order chi connectivity index (χ1) is 15.9. The average molecular weight is 494 g/mol. The van der Waals surface area contributed by atoms with Crippen LogP contribution < -0.4 is 9.64 Å². The largest absolute Gasteiger partial charge is 0.480 e. The van der Waals surface area contributed by atoms with E-state index < -0.39 is 40.1 Å². The van der Waals surface area contributed by atoms with Gasteiger partial charge in [0.1, 0.15) is 17.8 Å². The third kappa shape index (κ3) is 5.04. The predicted molar refractivity (Wildman–Crippen MR) is 121 cm³/mol. The van der Waals surface area contributed by atoms with Crippen LogP contribution in [0.5, 0.6) is 5.75 Å². The number of amides is 2. The minimum Gasteiger partial charge on any atom is -0.480 e. The quantitative estimate of drug-likeness (QED) is 0.605. The van der Waals surface area contributed by atoms with Crippen LogP contribution in [0.25, 0.3) is 0 Å². The Bertz CT molecular complexity index is 1180. The van der Waals surface area contributed by atoms with Crippen LogP contribution in [0.2, 0.25) is 0 Å². The smallest absolute Gasteiger partial charge is 0.414 e. The Kier molecular flexibility index (Phi) is 7.26. The lowest BCUT2D eigenvalue weighted by Crippen LogP contribution is -2.52. The van der Waals surface area contributed by atoms with Gasteiger partial charge in [-0.25, -0.2) is 23.0 Å². The van der Waals surface area contributed by atoms with Gasteiger partial charge in [0.05, 0.1) is 6.33 Å². The fourth-order valence-corrected chi connectivity index (χ4v) is 5.22. The van der Waals surface area contributed by atoms with Crippen LogP contribution in [0.1, 0.15) is 19.8 Å². The lowest BCUT2D eigenvalue weighted by Gasteiger charge is -2.32. The number of anilines is 1. The van der Waals surface area contributed by atoms with Gasteiger partial charge in [0.2, 0.25) is 5.91 Å². The highest BCUT2D eigenvalue weighted by molar-refractivity contribution is 7.89. The van der Waals surface area contributed by atoms with Gasteiger partial charge >= 0.3 is 12.1 Å². The van der Waals surface area contributed by atoms with Crippen LogP contribution in [0.4, 0.5) is 10.5 Å². The van der Waals surface area contributed by atoms with Gasteiger partial charge in [-0.1, -0.05) is 0 Å². The fraction of sp³-hybridized carbons (Fsp3) is 0.429. The molecule has 0 aliphatic carbocycles. The summed E-state index contributed by atoms with van der Waals surface area (Å²) in [6, 6.07) is 3.40. The van der Waals surface area contributed by atoms with E-state index in [0.29, 0.717) is 6.42 Å². The molecule has 13 heteroatoms. The summed E-state index contributed by atoms with van der Waals surface area (Å²) < 4.78 is 34.0. The molecule has 0 saturated carbocycles. The fourth-order valence-electron chi connectivity index (χ4n) is 3.60. The Morgan fingerprint density at radius 3 is 2.38 bits per heavy atom. The molecule has 2 atom stereocenters. The van der Waals surface area contributed by atoms with E-state index in [4.69, 9.17) is 4.74 Å². The highest BCUT2D eigenvalue weighted by Crippen LogP contribution is 2.30. The number of imidazole rings is 1. The molecule has 1 aliphatic heterocycles. The van der Waals surface area contributed by atoms with Crippen molar-refractivity contribution in [3.63, 3.8) is 0 Å². The molecular formula is C21H27N5O7S. The summed E-state index contributed by atoms with van der Waals surface area (Å²) in [6.07, 6.45) is 2.79. The average Bonchev–Trinajstić information content (AvgIpc) is 3.44. The number of sulfonamides is 1. The van der Waals surface area contributed by atoms with Gasteiger partial charge < -0.3 is 19.3 Å². The summed E-state index contributed by atoms with van der Waals surface area (Å²) in [4.78, 5) is 43.3. The number of carboxylic acids is 1. The molecule has 3 rings (SSSR count). The standard InChI is InChI=1S/C21H27N5O7S/c1-14(20(28)29)26(15-7-9-16(10-8-15)33-21(30)23(2)3)19(27)17-6-5-11-25(17)34(31,32)18-12-24(4)13-22-18/h7-10,12-14,17H,5-6,11H2,1-4H3,(H,28,29)/t14-,17-/m0/s1. The van der Waals surface area contributed by atoms with Crippen LogP contribution in [0, 0.1) is 0 Å². The van der Waals surface area contributed by atoms with Gasteiger partial charge in [-0.15, -0.1) is 0 Å². The zero-order valence-electron chi connectivity index (χ0n) is 19.3. The molecule has 0 bridgehead atoms. The molecule has 0 unspecified atom stereocenters. The first-order valence-electron chi connectivity index (χ1n) is 10.5. The Labute approximate surface area is 197 Å². The maximum absolute atomic E-state index is 13.6. The van der Waals surface area contributed by atoms with E-state index in [-0.39, 0.29) is 29.4 Å². The number of benzene rings is 1. The van der Waals surface area contributed by atoms with Gasteiger partial charge in [-0.2, -0.15) is 4.31 Å². The molecule has 0 spiro atoms. The molecule has 2 amide bonds. The minimum absolute atomic E-state index is 0.115. The molecule has 2 aromatic rings. The highest BCUT2D eigenvalue weighted by Gasteiger charge is 2.44. The molecular weight excluding hydrogens is 466 g/mol. The molecule has 1 saturated heterocycles. The van der Waals surface area contributed by atoms with E-state index in [0.717, 1.165) is 9.21 Å². The Morgan fingerprint density at radius 2 is 1.85 bits per heavy atom. The number of aromatic nitrogens is 2. The molecule has 1 aromatic carbocycles. The maximum Gasteiger partial charge on any atom is 0.414 e. The van der Waals surface area contributed by atoms with E-state index in [9.17, 15) is 27.9 Å². The van der Waals surface area contributed by atoms with E-state index in [2.05, 4.69) is 4.98 Å². The second kappa shape index (κ2) is 9.81. The van der Waals surface area contributed by atoms with Gasteiger partial charge in [-0.05, 0) is 44.0 Å². The third-order valence-electron chi connectivity index (χ3n) is 5.41. The Balaban J connectivity index is 1.92. The van der Waals surface area contributed by atoms with Crippen molar-refractivity contribution >= 4 is 33.7 Å². The number of nitrogens with zero attached hydrogens (tertiary/aromatic N) is 5. The van der Waals surface area contributed by atoms with Crippen molar-refractivity contribution in [3.05, 3.63) is 36.8 Å². The first kappa shape index (κ1) is 25.2. The topological polar surface area (TPSA) is 142 Å². The zero-order valence-corrected chi connectivity index (χ0v) is 20.1. The molecule has 12 nitrogen and oxygen atoms in total. The van der Waals surface area contributed by atoms with E-state index in [1.165, 1.54) is 67.3 Å². The maximum atomic E-state index is 13.6. The summed E-state index contributed by atoms with van der Waals surface area (Å²) in [5, 5.41) is 9.45. The van der Waals surface area contributed by atoms with Crippen molar-refractivity contribution in [1.82, 2.24) is 18.8 Å². The summed E-state index contributed by atoms with van der Waals surface area (Å²) in [7, 11) is 0.627. The van der Waals surface area contributed by atoms with Crippen LogP contribution in [-0.2, 0) is 26.7 Å². The molecule has 2 heterocycles. The number of hydrogen-bond acceptors (Lipinski definition) is 7. The van der Waals surface area contributed by atoms with Crippen molar-refractivity contribution in [2.24, 2.45) is 7.05 Å². The van der Waals surface area contributed by atoms with Crippen molar-refractivity contribution in [1.29, 1.82) is 0 Å². The first-order valence-corrected chi connectivity index (χ1v) is 11.9. The van der Waals surface area contributed by atoms with Gasteiger partial charge in [0.25, 0.3) is 10.0 Å². The van der Waals surface area contributed by atoms with Crippen LogP contribution >= 0.6 is 0 Å². The molecule has 1 aliphatic rings. The molecule has 1 fully saturated rings. The molecule has 1 aromatic heterocycles. The number of carboxylic acid groups (broad SMARTS) is 1. The summed E-state index contributed by atoms with van der Waals surface area (Å²) in [5.41, 5.74) is 0.228. The van der Waals surface area contributed by atoms with Crippen molar-refractivity contribution < 1.29 is 32.6 Å². The number of aliphatic carboxylic acids is 1. The number of aryl methyl sites for hydroxylation is 1. The van der Waals surface area contributed by atoms with Crippen molar-refractivity contribution in [3.8, 4) is 5.75 Å². The number of ether oxygens (including phenoxy) is 1. The molecule has 184 valence electrons. The second-order valence-corrected chi connectivity index (χ2v) is 9.97. The normalized spacial score (nSPS) is 17.2. The third-order valence-corrected chi connectivity index (χ3v) is 7.20. The van der Waals surface area contributed by atoms with E-state index in [1.807, 2.05) is 0 Å². The zero-order chi connectivity index (χ0) is 25.2. The second-order valence-electron chi connectivity index (χ2n) is 8.13. The number of carbonyl (C=O) groups is 3. The Morgan fingerprint density at radius 1 is 1.21 bits per heavy atom. The SMILES string of the molecule is C[C@@H](C(=O)O)N(C(=O)[C@@H]1CCCN1S(=O)(=O)c1cn(C)cn1)c1ccc(OC(=O)N(C)C)cc1. The summed E-state index contributed by atoms with van der Waals surface area (Å²) >= 11 is 0. The van der Waals surface area contributed by atoms with Crippen LogP contribution in [0.15, 0.2) is 41.8 Å². The molecule has 0 radical (unpaired) electrons. The summed E-state index contributed by atoms with van der Waals surface area (Å²) in [6.45, 7) is 1.46. The monoisotopic (exact) mass is 493 g/mol. The lowest BCUT2D eigenvalue weighted by molar-refractivity contribution is -0.140. The predicted octanol–water partition coefficient (Wildman–Crippen LogP) is 1.14. The Hall–Kier alpha value is -3.45. The van der Waals surface area contributed by atoms with Gasteiger partial charge in [0, 0.05) is 39.6 Å². The van der Waals surface area contributed by atoms with E-state index in [1.54, 1.807) is 7.05 Å². The van der Waals surface area contributed by atoms with Crippen LogP contribution in [-0.4, -0.2) is 83.0 Å². The molecule has 34 heavy (non-hydrogen) atoms. The molecule has 1 N–H and O–H groups in total. The summed E-state index contributed by atoms with van der Waals surface area (Å²) in [5.74, 6) is -1.71. The minimum atomic E-state index is -4.06. The van der Waals surface area contributed by atoms with E-state index >= 15 is 0 Å². The lowest BCUT2D eigenvalue weighted by atomic mass is 10.1. The highest BCUT2D eigenvalue weighted by atomic mass is 32.2.